The molecule has 3 rings (SSSR count). The number of fused-ring (bicyclic) bond motifs is 1. The van der Waals surface area contributed by atoms with Crippen LogP contribution in [0.15, 0.2) is 18.5 Å². The zero-order valence-electron chi connectivity index (χ0n) is 8.63. The van der Waals surface area contributed by atoms with Crippen LogP contribution in [-0.4, -0.2) is 27.2 Å². The average molecular weight is 214 g/mol. The highest BCUT2D eigenvalue weighted by Gasteiger charge is 2.19. The van der Waals surface area contributed by atoms with Crippen LogP contribution in [0.2, 0.25) is 0 Å². The quantitative estimate of drug-likeness (QED) is 0.750. The van der Waals surface area contributed by atoms with Gasteiger partial charge in [0.25, 0.3) is 0 Å². The minimum Gasteiger partial charge on any atom is -0.376 e. The molecule has 0 N–H and O–H groups in total. The Balaban J connectivity index is 2.00. The Morgan fingerprint density at radius 2 is 2.44 bits per heavy atom. The molecule has 0 bridgehead atoms. The molecule has 2 aromatic heterocycles. The highest BCUT2D eigenvalue weighted by molar-refractivity contribution is 5.71. The van der Waals surface area contributed by atoms with Gasteiger partial charge in [-0.2, -0.15) is 5.26 Å². The van der Waals surface area contributed by atoms with Gasteiger partial charge >= 0.3 is 0 Å². The van der Waals surface area contributed by atoms with Gasteiger partial charge in [0.1, 0.15) is 17.3 Å². The standard InChI is InChI=1S/C11H10N4O/c12-5-8-1-2-10-11(14-8)15(7-13-10)6-9-3-4-16-9/h1-2,7,9H,3-4,6H2. The summed E-state index contributed by atoms with van der Waals surface area (Å²) in [7, 11) is 0. The Hall–Kier alpha value is -1.93. The first-order valence-corrected chi connectivity index (χ1v) is 5.20. The van der Waals surface area contributed by atoms with E-state index >= 15 is 0 Å². The number of ether oxygens (including phenoxy) is 1. The van der Waals surface area contributed by atoms with Gasteiger partial charge in [0, 0.05) is 6.61 Å². The van der Waals surface area contributed by atoms with E-state index in [0.717, 1.165) is 30.7 Å². The predicted molar refractivity (Wildman–Crippen MR) is 56.6 cm³/mol. The molecule has 0 aliphatic carbocycles. The Labute approximate surface area is 92.3 Å². The fourth-order valence-corrected chi connectivity index (χ4v) is 1.78. The summed E-state index contributed by atoms with van der Waals surface area (Å²) in [5, 5.41) is 8.80. The van der Waals surface area contributed by atoms with Crippen LogP contribution < -0.4 is 0 Å². The van der Waals surface area contributed by atoms with Crippen LogP contribution in [0.25, 0.3) is 11.2 Å². The summed E-state index contributed by atoms with van der Waals surface area (Å²) in [6.45, 7) is 1.60. The topological polar surface area (TPSA) is 63.7 Å². The maximum atomic E-state index is 8.80. The van der Waals surface area contributed by atoms with E-state index < -0.39 is 0 Å². The molecule has 5 heteroatoms. The first-order valence-electron chi connectivity index (χ1n) is 5.20. The fourth-order valence-electron chi connectivity index (χ4n) is 1.78. The Morgan fingerprint density at radius 3 is 3.12 bits per heavy atom. The zero-order valence-corrected chi connectivity index (χ0v) is 8.63. The van der Waals surface area contributed by atoms with Crippen molar-refractivity contribution < 1.29 is 4.74 Å². The summed E-state index contributed by atoms with van der Waals surface area (Å²) in [6, 6.07) is 5.53. The average Bonchev–Trinajstić information content (AvgIpc) is 2.65. The van der Waals surface area contributed by atoms with Crippen molar-refractivity contribution >= 4 is 11.2 Å². The van der Waals surface area contributed by atoms with E-state index in [-0.39, 0.29) is 6.10 Å². The molecule has 0 saturated carbocycles. The molecule has 1 saturated heterocycles. The molecule has 0 amide bonds. The van der Waals surface area contributed by atoms with Gasteiger partial charge in [0.05, 0.1) is 19.0 Å². The van der Waals surface area contributed by atoms with Gasteiger partial charge in [-0.15, -0.1) is 0 Å². The molecule has 0 aromatic carbocycles. The van der Waals surface area contributed by atoms with Crippen molar-refractivity contribution in [3.63, 3.8) is 0 Å². The molecule has 1 aliphatic heterocycles. The summed E-state index contributed by atoms with van der Waals surface area (Å²) < 4.78 is 7.31. The van der Waals surface area contributed by atoms with Gasteiger partial charge in [0.2, 0.25) is 0 Å². The molecule has 1 atom stereocenters. The largest absolute Gasteiger partial charge is 0.376 e. The summed E-state index contributed by atoms with van der Waals surface area (Å²) in [5.41, 5.74) is 2.00. The van der Waals surface area contributed by atoms with Crippen LogP contribution >= 0.6 is 0 Å². The molecule has 16 heavy (non-hydrogen) atoms. The second kappa shape index (κ2) is 3.58. The SMILES string of the molecule is N#Cc1ccc2ncn(CC3CCO3)c2n1. The molecule has 5 nitrogen and oxygen atoms in total. The first kappa shape index (κ1) is 9.31. The lowest BCUT2D eigenvalue weighted by Gasteiger charge is -2.26. The number of nitrogens with zero attached hydrogens (tertiary/aromatic N) is 4. The lowest BCUT2D eigenvalue weighted by atomic mass is 10.2. The Bertz CT molecular complexity index is 565. The molecular weight excluding hydrogens is 204 g/mol. The maximum Gasteiger partial charge on any atom is 0.161 e. The van der Waals surface area contributed by atoms with Gasteiger partial charge < -0.3 is 9.30 Å². The van der Waals surface area contributed by atoms with Crippen molar-refractivity contribution in [1.82, 2.24) is 14.5 Å². The van der Waals surface area contributed by atoms with Gasteiger partial charge in [-0.1, -0.05) is 0 Å². The van der Waals surface area contributed by atoms with Crippen molar-refractivity contribution in [3.05, 3.63) is 24.2 Å². The molecule has 2 aromatic rings. The lowest BCUT2D eigenvalue weighted by molar-refractivity contribution is -0.0587. The molecule has 1 unspecified atom stereocenters. The van der Waals surface area contributed by atoms with Crippen molar-refractivity contribution in [2.75, 3.05) is 6.61 Å². The Kier molecular flexibility index (Phi) is 2.08. The minimum absolute atomic E-state index is 0.268. The van der Waals surface area contributed by atoms with Crippen LogP contribution in [0.1, 0.15) is 12.1 Å². The normalized spacial score (nSPS) is 19.3. The number of aromatic nitrogens is 3. The van der Waals surface area contributed by atoms with Crippen LogP contribution in [0.4, 0.5) is 0 Å². The molecule has 1 fully saturated rings. The zero-order chi connectivity index (χ0) is 11.0. The third-order valence-corrected chi connectivity index (χ3v) is 2.77. The first-order chi connectivity index (χ1) is 7.86. The monoisotopic (exact) mass is 214 g/mol. The van der Waals surface area contributed by atoms with Crippen LogP contribution in [0.3, 0.4) is 0 Å². The lowest BCUT2D eigenvalue weighted by Crippen LogP contribution is -2.31. The van der Waals surface area contributed by atoms with Gasteiger partial charge in [-0.3, -0.25) is 0 Å². The third-order valence-electron chi connectivity index (χ3n) is 2.77. The third kappa shape index (κ3) is 1.44. The van der Waals surface area contributed by atoms with Gasteiger partial charge in [-0.25, -0.2) is 9.97 Å². The van der Waals surface area contributed by atoms with Gasteiger partial charge in [-0.05, 0) is 18.6 Å². The van der Waals surface area contributed by atoms with E-state index in [4.69, 9.17) is 10.00 Å². The van der Waals surface area contributed by atoms with Crippen LogP contribution in [-0.2, 0) is 11.3 Å². The number of hydrogen-bond acceptors (Lipinski definition) is 4. The molecule has 0 radical (unpaired) electrons. The summed E-state index contributed by atoms with van der Waals surface area (Å²) in [4.78, 5) is 8.49. The van der Waals surface area contributed by atoms with Gasteiger partial charge in [0.15, 0.2) is 5.65 Å². The van der Waals surface area contributed by atoms with Crippen molar-refractivity contribution in [2.24, 2.45) is 0 Å². The van der Waals surface area contributed by atoms with Crippen molar-refractivity contribution in [3.8, 4) is 6.07 Å². The fraction of sp³-hybridized carbons (Fsp3) is 0.364. The van der Waals surface area contributed by atoms with E-state index in [0.29, 0.717) is 5.69 Å². The number of pyridine rings is 1. The second-order valence-electron chi connectivity index (χ2n) is 3.83. The summed E-state index contributed by atoms with van der Waals surface area (Å²) in [6.07, 6.45) is 3.10. The highest BCUT2D eigenvalue weighted by atomic mass is 16.5. The number of nitriles is 1. The smallest absolute Gasteiger partial charge is 0.161 e. The summed E-state index contributed by atoms with van der Waals surface area (Å²) >= 11 is 0. The van der Waals surface area contributed by atoms with E-state index in [1.165, 1.54) is 0 Å². The molecule has 80 valence electrons. The van der Waals surface area contributed by atoms with Crippen LogP contribution in [0, 0.1) is 11.3 Å². The van der Waals surface area contributed by atoms with E-state index in [9.17, 15) is 0 Å². The highest BCUT2D eigenvalue weighted by Crippen LogP contribution is 2.17. The number of hydrogen-bond donors (Lipinski definition) is 0. The summed E-state index contributed by atoms with van der Waals surface area (Å²) in [5.74, 6) is 0. The number of rotatable bonds is 2. The number of imidazole rings is 1. The van der Waals surface area contributed by atoms with E-state index in [1.54, 1.807) is 12.4 Å². The van der Waals surface area contributed by atoms with Crippen molar-refractivity contribution in [2.45, 2.75) is 19.1 Å². The molecule has 0 spiro atoms. The molecule has 3 heterocycles. The molecular formula is C11H10N4O. The van der Waals surface area contributed by atoms with E-state index in [1.807, 2.05) is 16.7 Å². The van der Waals surface area contributed by atoms with Crippen molar-refractivity contribution in [1.29, 1.82) is 5.26 Å². The second-order valence-corrected chi connectivity index (χ2v) is 3.83. The molecule has 1 aliphatic rings. The predicted octanol–water partition coefficient (Wildman–Crippen LogP) is 1.09. The minimum atomic E-state index is 0.268. The Morgan fingerprint density at radius 1 is 1.56 bits per heavy atom. The van der Waals surface area contributed by atoms with Crippen LogP contribution in [0.5, 0.6) is 0 Å². The maximum absolute atomic E-state index is 8.80. The van der Waals surface area contributed by atoms with E-state index in [2.05, 4.69) is 9.97 Å².